The van der Waals surface area contributed by atoms with Gasteiger partial charge in [-0.25, -0.2) is 0 Å². The fraction of sp³-hybridized carbons (Fsp3) is 0.214. The van der Waals surface area contributed by atoms with Crippen LogP contribution in [0.2, 0.25) is 10.0 Å². The van der Waals surface area contributed by atoms with Gasteiger partial charge in [-0.3, -0.25) is 4.79 Å². The first-order chi connectivity index (χ1) is 9.56. The normalized spacial score (nSPS) is 14.3. The molecule has 20 heavy (non-hydrogen) atoms. The quantitative estimate of drug-likeness (QED) is 0.901. The lowest BCUT2D eigenvalue weighted by atomic mass is 10.3. The van der Waals surface area contributed by atoms with Crippen molar-refractivity contribution in [2.45, 2.75) is 18.9 Å². The largest absolute Gasteiger partial charge is 0.397 e. The summed E-state index contributed by atoms with van der Waals surface area (Å²) in [6.07, 6.45) is 3.95. The van der Waals surface area contributed by atoms with Gasteiger partial charge in [-0.05, 0) is 31.0 Å². The van der Waals surface area contributed by atoms with Crippen molar-refractivity contribution in [2.75, 3.05) is 11.1 Å². The number of anilines is 2. The summed E-state index contributed by atoms with van der Waals surface area (Å²) in [6.45, 7) is 0. The minimum atomic E-state index is -0.238. The number of aromatic nitrogens is 1. The van der Waals surface area contributed by atoms with Gasteiger partial charge in [0.05, 0.1) is 21.4 Å². The number of nitrogen functional groups attached to an aromatic ring is 1. The van der Waals surface area contributed by atoms with Gasteiger partial charge >= 0.3 is 0 Å². The Labute approximate surface area is 126 Å². The highest BCUT2D eigenvalue weighted by Crippen LogP contribution is 2.37. The molecule has 1 heterocycles. The first-order valence-corrected chi connectivity index (χ1v) is 7.04. The Bertz CT molecular complexity index is 677. The van der Waals surface area contributed by atoms with Crippen molar-refractivity contribution in [3.63, 3.8) is 0 Å². The Kier molecular flexibility index (Phi) is 3.36. The highest BCUT2D eigenvalue weighted by Gasteiger charge is 2.27. The third-order valence-corrected chi connectivity index (χ3v) is 4.06. The summed E-state index contributed by atoms with van der Waals surface area (Å²) < 4.78 is 1.92. The number of nitrogens with zero attached hydrogens (tertiary/aromatic N) is 1. The van der Waals surface area contributed by atoms with E-state index in [1.54, 1.807) is 30.5 Å². The summed E-state index contributed by atoms with van der Waals surface area (Å²) in [5, 5.41) is 3.51. The number of hydrogen-bond donors (Lipinski definition) is 2. The van der Waals surface area contributed by atoms with E-state index < -0.39 is 0 Å². The number of carbonyl (C=O) groups is 1. The van der Waals surface area contributed by atoms with Crippen molar-refractivity contribution in [1.29, 1.82) is 0 Å². The molecule has 0 aliphatic heterocycles. The lowest BCUT2D eigenvalue weighted by Crippen LogP contribution is -2.16. The van der Waals surface area contributed by atoms with Crippen LogP contribution < -0.4 is 11.1 Å². The fourth-order valence-corrected chi connectivity index (χ4v) is 2.47. The van der Waals surface area contributed by atoms with Crippen LogP contribution in [0.1, 0.15) is 29.4 Å². The minimum Gasteiger partial charge on any atom is -0.397 e. The average molecular weight is 310 g/mol. The third kappa shape index (κ3) is 2.49. The summed E-state index contributed by atoms with van der Waals surface area (Å²) in [4.78, 5) is 12.4. The van der Waals surface area contributed by atoms with Gasteiger partial charge in [0.2, 0.25) is 0 Å². The zero-order chi connectivity index (χ0) is 14.3. The molecule has 1 aromatic carbocycles. The lowest BCUT2D eigenvalue weighted by molar-refractivity contribution is 0.101. The second kappa shape index (κ2) is 5.04. The van der Waals surface area contributed by atoms with Gasteiger partial charge in [0, 0.05) is 12.2 Å². The fourth-order valence-electron chi connectivity index (χ4n) is 2.12. The molecule has 1 aromatic heterocycles. The molecule has 0 unspecified atom stereocenters. The molecule has 4 nitrogen and oxygen atoms in total. The average Bonchev–Trinajstić information content (AvgIpc) is 3.18. The molecule has 6 heteroatoms. The molecule has 0 spiro atoms. The topological polar surface area (TPSA) is 60.1 Å². The van der Waals surface area contributed by atoms with Crippen molar-refractivity contribution in [1.82, 2.24) is 4.57 Å². The Balaban J connectivity index is 1.88. The van der Waals surface area contributed by atoms with E-state index in [0.717, 1.165) is 12.8 Å². The number of carbonyl (C=O) groups excluding carboxylic acids is 1. The molecule has 2 aromatic rings. The SMILES string of the molecule is Nc1cc(C(=O)Nc2cccc(Cl)c2Cl)n(C2CC2)c1. The smallest absolute Gasteiger partial charge is 0.272 e. The van der Waals surface area contributed by atoms with Gasteiger partial charge in [0.15, 0.2) is 0 Å². The molecule has 3 N–H and O–H groups in total. The molecule has 0 atom stereocenters. The van der Waals surface area contributed by atoms with E-state index in [4.69, 9.17) is 28.9 Å². The summed E-state index contributed by atoms with van der Waals surface area (Å²) in [6, 6.07) is 7.16. The van der Waals surface area contributed by atoms with E-state index in [1.807, 2.05) is 4.57 Å². The molecule has 1 saturated carbocycles. The highest BCUT2D eigenvalue weighted by atomic mass is 35.5. The molecule has 1 amide bonds. The first-order valence-electron chi connectivity index (χ1n) is 6.29. The molecule has 1 fully saturated rings. The predicted octanol–water partition coefficient (Wildman–Crippen LogP) is 3.96. The molecule has 0 radical (unpaired) electrons. The summed E-state index contributed by atoms with van der Waals surface area (Å²) in [7, 11) is 0. The minimum absolute atomic E-state index is 0.238. The standard InChI is InChI=1S/C14H13Cl2N3O/c15-10-2-1-3-11(13(10)16)18-14(20)12-6-8(17)7-19(12)9-4-5-9/h1-3,6-7,9H,4-5,17H2,(H,18,20). The van der Waals surface area contributed by atoms with Crippen LogP contribution in [-0.4, -0.2) is 10.5 Å². The lowest BCUT2D eigenvalue weighted by Gasteiger charge is -2.10. The van der Waals surface area contributed by atoms with Crippen LogP contribution in [0.25, 0.3) is 0 Å². The highest BCUT2D eigenvalue weighted by molar-refractivity contribution is 6.44. The van der Waals surface area contributed by atoms with Crippen molar-refractivity contribution in [3.8, 4) is 0 Å². The van der Waals surface area contributed by atoms with Crippen LogP contribution in [0.5, 0.6) is 0 Å². The molecule has 104 valence electrons. The second-order valence-electron chi connectivity index (χ2n) is 4.85. The number of nitrogens with one attached hydrogen (secondary N) is 1. The van der Waals surface area contributed by atoms with E-state index in [-0.39, 0.29) is 5.91 Å². The van der Waals surface area contributed by atoms with Crippen LogP contribution in [0.4, 0.5) is 11.4 Å². The second-order valence-corrected chi connectivity index (χ2v) is 5.64. The summed E-state index contributed by atoms with van der Waals surface area (Å²) >= 11 is 12.0. The van der Waals surface area contributed by atoms with Crippen LogP contribution in [-0.2, 0) is 0 Å². The molecule has 1 aliphatic rings. The van der Waals surface area contributed by atoms with Crippen molar-refractivity contribution >= 4 is 40.5 Å². The van der Waals surface area contributed by atoms with Crippen molar-refractivity contribution < 1.29 is 4.79 Å². The van der Waals surface area contributed by atoms with Crippen LogP contribution in [0.3, 0.4) is 0 Å². The molecule has 3 rings (SSSR count). The first kappa shape index (κ1) is 13.3. The van der Waals surface area contributed by atoms with Gasteiger partial charge in [-0.15, -0.1) is 0 Å². The Morgan fingerprint density at radius 2 is 2.10 bits per heavy atom. The molecular weight excluding hydrogens is 297 g/mol. The Hall–Kier alpha value is -1.65. The molecule has 0 bridgehead atoms. The molecular formula is C14H13Cl2N3O. The van der Waals surface area contributed by atoms with Gasteiger partial charge in [-0.1, -0.05) is 29.3 Å². The maximum absolute atomic E-state index is 12.4. The van der Waals surface area contributed by atoms with Gasteiger partial charge in [0.1, 0.15) is 5.69 Å². The van der Waals surface area contributed by atoms with Gasteiger partial charge in [0.25, 0.3) is 5.91 Å². The van der Waals surface area contributed by atoms with E-state index in [0.29, 0.717) is 33.2 Å². The van der Waals surface area contributed by atoms with E-state index in [2.05, 4.69) is 5.32 Å². The number of hydrogen-bond acceptors (Lipinski definition) is 2. The predicted molar refractivity (Wildman–Crippen MR) is 81.5 cm³/mol. The van der Waals surface area contributed by atoms with E-state index >= 15 is 0 Å². The maximum atomic E-state index is 12.4. The van der Waals surface area contributed by atoms with Crippen LogP contribution >= 0.6 is 23.2 Å². The monoisotopic (exact) mass is 309 g/mol. The number of nitrogens with two attached hydrogens (primary N) is 1. The van der Waals surface area contributed by atoms with Crippen molar-refractivity contribution in [3.05, 3.63) is 46.2 Å². The van der Waals surface area contributed by atoms with Gasteiger partial charge in [-0.2, -0.15) is 0 Å². The van der Waals surface area contributed by atoms with E-state index in [1.165, 1.54) is 0 Å². The molecule has 1 aliphatic carbocycles. The van der Waals surface area contributed by atoms with Crippen molar-refractivity contribution in [2.24, 2.45) is 0 Å². The van der Waals surface area contributed by atoms with Gasteiger partial charge < -0.3 is 15.6 Å². The zero-order valence-corrected chi connectivity index (χ0v) is 12.1. The maximum Gasteiger partial charge on any atom is 0.272 e. The van der Waals surface area contributed by atoms with E-state index in [9.17, 15) is 4.79 Å². The number of benzene rings is 1. The zero-order valence-electron chi connectivity index (χ0n) is 10.6. The van der Waals surface area contributed by atoms with Crippen LogP contribution in [0.15, 0.2) is 30.5 Å². The summed E-state index contributed by atoms with van der Waals surface area (Å²) in [5.74, 6) is -0.238. The Morgan fingerprint density at radius 1 is 1.35 bits per heavy atom. The van der Waals surface area contributed by atoms with Crippen LogP contribution in [0, 0.1) is 0 Å². The summed E-state index contributed by atoms with van der Waals surface area (Å²) in [5.41, 5.74) is 7.40. The number of rotatable bonds is 3. The Morgan fingerprint density at radius 3 is 2.80 bits per heavy atom. The molecule has 0 saturated heterocycles. The number of halogens is 2. The number of amides is 1. The third-order valence-electron chi connectivity index (χ3n) is 3.24.